The summed E-state index contributed by atoms with van der Waals surface area (Å²) in [4.78, 5) is 7.05. The van der Waals surface area contributed by atoms with E-state index in [-0.39, 0.29) is 0 Å². The lowest BCUT2D eigenvalue weighted by Gasteiger charge is -2.25. The standard InChI is InChI=1S/C13H19ClN2/c1-11-5-2-8-13(15-11)16-10-4-7-12(16)6-3-9-14/h2,5,8,12H,3-4,6-7,9-10H2,1H3. The van der Waals surface area contributed by atoms with Gasteiger partial charge in [-0.15, -0.1) is 11.6 Å². The van der Waals surface area contributed by atoms with E-state index in [1.54, 1.807) is 0 Å². The van der Waals surface area contributed by atoms with E-state index in [0.717, 1.165) is 30.4 Å². The number of hydrogen-bond acceptors (Lipinski definition) is 2. The highest BCUT2D eigenvalue weighted by molar-refractivity contribution is 6.17. The zero-order chi connectivity index (χ0) is 11.4. The van der Waals surface area contributed by atoms with Gasteiger partial charge in [-0.05, 0) is 44.7 Å². The van der Waals surface area contributed by atoms with Crippen LogP contribution in [0.3, 0.4) is 0 Å². The molecule has 1 fully saturated rings. The first kappa shape index (κ1) is 11.7. The van der Waals surface area contributed by atoms with Crippen LogP contribution in [-0.4, -0.2) is 23.5 Å². The number of aromatic nitrogens is 1. The van der Waals surface area contributed by atoms with Crippen molar-refractivity contribution in [2.75, 3.05) is 17.3 Å². The number of anilines is 1. The van der Waals surface area contributed by atoms with E-state index >= 15 is 0 Å². The summed E-state index contributed by atoms with van der Waals surface area (Å²) in [6, 6.07) is 6.90. The summed E-state index contributed by atoms with van der Waals surface area (Å²) in [6.07, 6.45) is 4.86. The third-order valence-electron chi connectivity index (χ3n) is 3.22. The molecule has 0 aliphatic carbocycles. The number of rotatable bonds is 4. The maximum Gasteiger partial charge on any atom is 0.129 e. The smallest absolute Gasteiger partial charge is 0.129 e. The summed E-state index contributed by atoms with van der Waals surface area (Å²) >= 11 is 5.76. The summed E-state index contributed by atoms with van der Waals surface area (Å²) in [7, 11) is 0. The summed E-state index contributed by atoms with van der Waals surface area (Å²) < 4.78 is 0. The van der Waals surface area contributed by atoms with Gasteiger partial charge in [-0.3, -0.25) is 0 Å². The highest BCUT2D eigenvalue weighted by Crippen LogP contribution is 2.26. The molecule has 88 valence electrons. The van der Waals surface area contributed by atoms with Gasteiger partial charge in [-0.1, -0.05) is 6.07 Å². The predicted octanol–water partition coefficient (Wildman–Crippen LogP) is 3.38. The van der Waals surface area contributed by atoms with E-state index in [1.807, 2.05) is 13.0 Å². The van der Waals surface area contributed by atoms with Crippen LogP contribution in [0.25, 0.3) is 0 Å². The van der Waals surface area contributed by atoms with Gasteiger partial charge in [0.15, 0.2) is 0 Å². The van der Waals surface area contributed by atoms with Crippen molar-refractivity contribution in [3.63, 3.8) is 0 Å². The van der Waals surface area contributed by atoms with Gasteiger partial charge in [-0.2, -0.15) is 0 Å². The predicted molar refractivity (Wildman–Crippen MR) is 69.3 cm³/mol. The average Bonchev–Trinajstić information content (AvgIpc) is 2.74. The lowest BCUT2D eigenvalue weighted by atomic mass is 10.1. The van der Waals surface area contributed by atoms with Crippen molar-refractivity contribution in [2.45, 2.75) is 38.6 Å². The molecular formula is C13H19ClN2. The van der Waals surface area contributed by atoms with E-state index in [2.05, 4.69) is 22.0 Å². The molecule has 1 aliphatic rings. The first-order chi connectivity index (χ1) is 7.81. The molecule has 0 aromatic carbocycles. The van der Waals surface area contributed by atoms with Crippen molar-refractivity contribution in [2.24, 2.45) is 0 Å². The van der Waals surface area contributed by atoms with Gasteiger partial charge in [0.25, 0.3) is 0 Å². The van der Waals surface area contributed by atoms with Gasteiger partial charge in [0.1, 0.15) is 5.82 Å². The second-order valence-electron chi connectivity index (χ2n) is 4.46. The fourth-order valence-electron chi connectivity index (χ4n) is 2.44. The first-order valence-electron chi connectivity index (χ1n) is 6.07. The minimum absolute atomic E-state index is 0.646. The van der Waals surface area contributed by atoms with Gasteiger partial charge in [-0.25, -0.2) is 4.98 Å². The summed E-state index contributed by atoms with van der Waals surface area (Å²) in [6.45, 7) is 3.19. The molecule has 0 spiro atoms. The van der Waals surface area contributed by atoms with E-state index in [1.165, 1.54) is 19.3 Å². The van der Waals surface area contributed by atoms with Crippen molar-refractivity contribution < 1.29 is 0 Å². The molecule has 1 unspecified atom stereocenters. The lowest BCUT2D eigenvalue weighted by molar-refractivity contribution is 0.598. The van der Waals surface area contributed by atoms with Crippen molar-refractivity contribution in [3.05, 3.63) is 23.9 Å². The number of nitrogens with zero attached hydrogens (tertiary/aromatic N) is 2. The largest absolute Gasteiger partial charge is 0.354 e. The molecular weight excluding hydrogens is 220 g/mol. The number of halogens is 1. The molecule has 2 heterocycles. The van der Waals surface area contributed by atoms with Crippen LogP contribution in [0.2, 0.25) is 0 Å². The van der Waals surface area contributed by atoms with E-state index in [9.17, 15) is 0 Å². The Kier molecular flexibility index (Phi) is 4.05. The molecule has 1 aliphatic heterocycles. The van der Waals surface area contributed by atoms with Gasteiger partial charge in [0.2, 0.25) is 0 Å². The maximum atomic E-state index is 5.76. The quantitative estimate of drug-likeness (QED) is 0.748. The Hall–Kier alpha value is -0.760. The second kappa shape index (κ2) is 5.53. The van der Waals surface area contributed by atoms with Gasteiger partial charge in [0, 0.05) is 24.2 Å². The average molecular weight is 239 g/mol. The Bertz CT molecular complexity index is 340. The van der Waals surface area contributed by atoms with Crippen molar-refractivity contribution in [1.29, 1.82) is 0 Å². The molecule has 0 amide bonds. The van der Waals surface area contributed by atoms with Gasteiger partial charge >= 0.3 is 0 Å². The van der Waals surface area contributed by atoms with Crippen LogP contribution >= 0.6 is 11.6 Å². The fourth-order valence-corrected chi connectivity index (χ4v) is 2.59. The molecule has 0 radical (unpaired) electrons. The molecule has 3 heteroatoms. The number of alkyl halides is 1. The SMILES string of the molecule is Cc1cccc(N2CCCC2CCCCl)n1. The molecule has 0 saturated carbocycles. The lowest BCUT2D eigenvalue weighted by Crippen LogP contribution is -2.30. The number of hydrogen-bond donors (Lipinski definition) is 0. The molecule has 1 aromatic heterocycles. The van der Waals surface area contributed by atoms with E-state index in [0.29, 0.717) is 6.04 Å². The number of aryl methyl sites for hydroxylation is 1. The Morgan fingerprint density at radius 1 is 1.50 bits per heavy atom. The molecule has 2 rings (SSSR count). The minimum Gasteiger partial charge on any atom is -0.354 e. The highest BCUT2D eigenvalue weighted by Gasteiger charge is 2.24. The molecule has 16 heavy (non-hydrogen) atoms. The Balaban J connectivity index is 2.07. The Morgan fingerprint density at radius 2 is 2.38 bits per heavy atom. The topological polar surface area (TPSA) is 16.1 Å². The highest BCUT2D eigenvalue weighted by atomic mass is 35.5. The van der Waals surface area contributed by atoms with Crippen molar-refractivity contribution in [1.82, 2.24) is 4.98 Å². The van der Waals surface area contributed by atoms with E-state index < -0.39 is 0 Å². The van der Waals surface area contributed by atoms with Crippen LogP contribution in [0, 0.1) is 6.92 Å². The molecule has 1 aromatic rings. The normalized spacial score (nSPS) is 20.4. The third-order valence-corrected chi connectivity index (χ3v) is 3.48. The molecule has 2 nitrogen and oxygen atoms in total. The Labute approximate surface area is 103 Å². The fraction of sp³-hybridized carbons (Fsp3) is 0.615. The molecule has 0 N–H and O–H groups in total. The van der Waals surface area contributed by atoms with Crippen molar-refractivity contribution in [3.8, 4) is 0 Å². The van der Waals surface area contributed by atoms with Crippen LogP contribution in [-0.2, 0) is 0 Å². The van der Waals surface area contributed by atoms with Crippen LogP contribution in [0.5, 0.6) is 0 Å². The minimum atomic E-state index is 0.646. The van der Waals surface area contributed by atoms with Gasteiger partial charge in [0.05, 0.1) is 0 Å². The zero-order valence-electron chi connectivity index (χ0n) is 9.82. The van der Waals surface area contributed by atoms with Gasteiger partial charge < -0.3 is 4.90 Å². The van der Waals surface area contributed by atoms with Crippen LogP contribution < -0.4 is 4.90 Å². The maximum absolute atomic E-state index is 5.76. The monoisotopic (exact) mass is 238 g/mol. The summed E-state index contributed by atoms with van der Waals surface area (Å²) in [5.41, 5.74) is 1.10. The summed E-state index contributed by atoms with van der Waals surface area (Å²) in [5, 5.41) is 0. The molecule has 1 saturated heterocycles. The second-order valence-corrected chi connectivity index (χ2v) is 4.84. The summed E-state index contributed by atoms with van der Waals surface area (Å²) in [5.74, 6) is 1.91. The van der Waals surface area contributed by atoms with Crippen molar-refractivity contribution >= 4 is 17.4 Å². The van der Waals surface area contributed by atoms with Crippen LogP contribution in [0.15, 0.2) is 18.2 Å². The van der Waals surface area contributed by atoms with Crippen LogP contribution in [0.4, 0.5) is 5.82 Å². The van der Waals surface area contributed by atoms with Crippen LogP contribution in [0.1, 0.15) is 31.4 Å². The third kappa shape index (κ3) is 2.67. The first-order valence-corrected chi connectivity index (χ1v) is 6.61. The molecule has 1 atom stereocenters. The Morgan fingerprint density at radius 3 is 3.12 bits per heavy atom. The van der Waals surface area contributed by atoms with E-state index in [4.69, 9.17) is 11.6 Å². The molecule has 0 bridgehead atoms. The zero-order valence-corrected chi connectivity index (χ0v) is 10.6. The number of pyridine rings is 1.